The summed E-state index contributed by atoms with van der Waals surface area (Å²) >= 11 is 0. The zero-order valence-corrected chi connectivity index (χ0v) is 14.6. The lowest BCUT2D eigenvalue weighted by Crippen LogP contribution is -2.59. The van der Waals surface area contributed by atoms with Gasteiger partial charge in [-0.15, -0.1) is 0 Å². The first-order chi connectivity index (χ1) is 11.6. The van der Waals surface area contributed by atoms with Gasteiger partial charge in [0.15, 0.2) is 0 Å². The number of rotatable bonds is 4. The van der Waals surface area contributed by atoms with Crippen molar-refractivity contribution in [1.82, 2.24) is 24.9 Å². The van der Waals surface area contributed by atoms with E-state index >= 15 is 0 Å². The van der Waals surface area contributed by atoms with Gasteiger partial charge in [-0.3, -0.25) is 14.3 Å². The van der Waals surface area contributed by atoms with Crippen LogP contribution in [0.5, 0.6) is 0 Å². The molecule has 2 fully saturated rings. The van der Waals surface area contributed by atoms with Gasteiger partial charge >= 0.3 is 0 Å². The van der Waals surface area contributed by atoms with E-state index in [2.05, 4.69) is 17.3 Å². The molecule has 7 heteroatoms. The second-order valence-corrected chi connectivity index (χ2v) is 6.64. The van der Waals surface area contributed by atoms with E-state index in [9.17, 15) is 9.59 Å². The number of aryl methyl sites for hydroxylation is 2. The van der Waals surface area contributed by atoms with Crippen molar-refractivity contribution in [3.8, 4) is 0 Å². The molecule has 2 amide bonds. The Bertz CT molecular complexity index is 606. The molecule has 2 aliphatic rings. The summed E-state index contributed by atoms with van der Waals surface area (Å²) in [6.45, 7) is 8.17. The highest BCUT2D eigenvalue weighted by Crippen LogP contribution is 2.17. The third-order valence-corrected chi connectivity index (χ3v) is 4.84. The molecule has 0 unspecified atom stereocenters. The molecule has 1 atom stereocenters. The van der Waals surface area contributed by atoms with Gasteiger partial charge in [0, 0.05) is 45.5 Å². The molecule has 2 aliphatic heterocycles. The van der Waals surface area contributed by atoms with Gasteiger partial charge in [0.05, 0.1) is 11.3 Å². The molecule has 0 radical (unpaired) electrons. The predicted octanol–water partition coefficient (Wildman–Crippen LogP) is 0.638. The van der Waals surface area contributed by atoms with Gasteiger partial charge in [-0.1, -0.05) is 6.92 Å². The number of aromatic nitrogens is 2. The summed E-state index contributed by atoms with van der Waals surface area (Å²) in [6, 6.07) is -0.404. The Kier molecular flexibility index (Phi) is 5.18. The Morgan fingerprint density at radius 1 is 1.29 bits per heavy atom. The Morgan fingerprint density at radius 3 is 2.75 bits per heavy atom. The van der Waals surface area contributed by atoms with Crippen LogP contribution in [0.15, 0.2) is 6.20 Å². The number of hydrogen-bond acceptors (Lipinski definition) is 4. The Morgan fingerprint density at radius 2 is 2.04 bits per heavy atom. The molecule has 0 spiro atoms. The highest BCUT2D eigenvalue weighted by molar-refractivity contribution is 5.98. The van der Waals surface area contributed by atoms with Crippen molar-refractivity contribution in [2.24, 2.45) is 0 Å². The van der Waals surface area contributed by atoms with E-state index in [1.165, 1.54) is 0 Å². The topological polar surface area (TPSA) is 70.5 Å². The fourth-order valence-corrected chi connectivity index (χ4v) is 3.54. The molecule has 1 aromatic rings. The van der Waals surface area contributed by atoms with Crippen LogP contribution in [0, 0.1) is 6.92 Å². The van der Waals surface area contributed by atoms with Crippen LogP contribution in [-0.4, -0.2) is 70.2 Å². The van der Waals surface area contributed by atoms with Crippen molar-refractivity contribution >= 4 is 11.8 Å². The average molecular weight is 333 g/mol. The van der Waals surface area contributed by atoms with Gasteiger partial charge in [0.25, 0.3) is 5.91 Å². The van der Waals surface area contributed by atoms with Crippen molar-refractivity contribution in [2.45, 2.75) is 45.7 Å². The smallest absolute Gasteiger partial charge is 0.258 e. The summed E-state index contributed by atoms with van der Waals surface area (Å²) in [7, 11) is 0. The summed E-state index contributed by atoms with van der Waals surface area (Å²) in [5, 5.41) is 7.68. The van der Waals surface area contributed by atoms with Gasteiger partial charge in [-0.05, 0) is 26.2 Å². The van der Waals surface area contributed by atoms with Crippen LogP contribution in [0.2, 0.25) is 0 Å². The van der Waals surface area contributed by atoms with Crippen LogP contribution >= 0.6 is 0 Å². The van der Waals surface area contributed by atoms with E-state index in [1.807, 2.05) is 22.7 Å². The molecule has 3 rings (SSSR count). The highest BCUT2D eigenvalue weighted by Gasteiger charge is 2.36. The van der Waals surface area contributed by atoms with Crippen molar-refractivity contribution in [1.29, 1.82) is 0 Å². The van der Waals surface area contributed by atoms with Gasteiger partial charge in [-0.25, -0.2) is 0 Å². The quantitative estimate of drug-likeness (QED) is 0.878. The molecule has 1 N–H and O–H groups in total. The minimum atomic E-state index is -0.404. The molecule has 0 aromatic carbocycles. The number of likely N-dealkylation sites (tertiary alicyclic amines) is 1. The van der Waals surface area contributed by atoms with E-state index in [4.69, 9.17) is 0 Å². The van der Waals surface area contributed by atoms with E-state index < -0.39 is 6.04 Å². The van der Waals surface area contributed by atoms with Crippen LogP contribution in [0.25, 0.3) is 0 Å². The third-order valence-electron chi connectivity index (χ3n) is 4.84. The van der Waals surface area contributed by atoms with Crippen LogP contribution in [0.1, 0.15) is 42.2 Å². The van der Waals surface area contributed by atoms with Crippen LogP contribution < -0.4 is 5.32 Å². The maximum absolute atomic E-state index is 13.0. The average Bonchev–Trinajstić information content (AvgIpc) is 3.24. The molecular weight excluding hydrogens is 306 g/mol. The van der Waals surface area contributed by atoms with Gasteiger partial charge in [0.2, 0.25) is 5.91 Å². The second-order valence-electron chi connectivity index (χ2n) is 6.64. The summed E-state index contributed by atoms with van der Waals surface area (Å²) in [5.41, 5.74) is 1.35. The summed E-state index contributed by atoms with van der Waals surface area (Å²) in [5.74, 6) is 0.000512. The summed E-state index contributed by atoms with van der Waals surface area (Å²) < 4.78 is 1.82. The van der Waals surface area contributed by atoms with Gasteiger partial charge in [-0.2, -0.15) is 5.10 Å². The number of piperazine rings is 1. The minimum absolute atomic E-state index is 0.0751. The fourth-order valence-electron chi connectivity index (χ4n) is 3.54. The molecule has 2 saturated heterocycles. The molecule has 24 heavy (non-hydrogen) atoms. The number of amides is 2. The zero-order valence-electron chi connectivity index (χ0n) is 14.6. The summed E-state index contributed by atoms with van der Waals surface area (Å²) in [4.78, 5) is 29.5. The number of hydrogen-bond donors (Lipinski definition) is 1. The largest absolute Gasteiger partial charge is 0.341 e. The van der Waals surface area contributed by atoms with E-state index in [1.54, 1.807) is 4.90 Å². The molecule has 0 bridgehead atoms. The SMILES string of the molecule is CCCn1cc(C(=O)N2CCNC[C@H]2C(=O)N2CCCC2)c(C)n1. The highest BCUT2D eigenvalue weighted by atomic mass is 16.2. The lowest BCUT2D eigenvalue weighted by atomic mass is 10.1. The number of carbonyl (C=O) groups excluding carboxylic acids is 2. The Balaban J connectivity index is 1.79. The van der Waals surface area contributed by atoms with Gasteiger partial charge in [0.1, 0.15) is 6.04 Å². The predicted molar refractivity (Wildman–Crippen MR) is 90.8 cm³/mol. The molecular formula is C17H27N5O2. The maximum atomic E-state index is 13.0. The minimum Gasteiger partial charge on any atom is -0.341 e. The molecule has 0 aliphatic carbocycles. The Labute approximate surface area is 143 Å². The monoisotopic (exact) mass is 333 g/mol. The van der Waals surface area contributed by atoms with E-state index in [-0.39, 0.29) is 11.8 Å². The normalized spacial score (nSPS) is 21.3. The van der Waals surface area contributed by atoms with Crippen molar-refractivity contribution in [2.75, 3.05) is 32.7 Å². The summed E-state index contributed by atoms with van der Waals surface area (Å²) in [6.07, 6.45) is 4.91. The second kappa shape index (κ2) is 7.34. The third kappa shape index (κ3) is 3.31. The first-order valence-electron chi connectivity index (χ1n) is 8.96. The van der Waals surface area contributed by atoms with Crippen molar-refractivity contribution in [3.05, 3.63) is 17.5 Å². The standard InChI is InChI=1S/C17H27N5O2/c1-3-7-21-12-14(13(2)19-21)16(23)22-10-6-18-11-15(22)17(24)20-8-4-5-9-20/h12,15,18H,3-11H2,1-2H3/t15-/m0/s1. The van der Waals surface area contributed by atoms with E-state index in [0.717, 1.165) is 51.1 Å². The molecule has 7 nitrogen and oxygen atoms in total. The lowest BCUT2D eigenvalue weighted by molar-refractivity contribution is -0.135. The Hall–Kier alpha value is -1.89. The first-order valence-corrected chi connectivity index (χ1v) is 8.96. The lowest BCUT2D eigenvalue weighted by Gasteiger charge is -2.37. The molecule has 132 valence electrons. The van der Waals surface area contributed by atoms with Crippen molar-refractivity contribution < 1.29 is 9.59 Å². The first kappa shape index (κ1) is 17.0. The molecule has 0 saturated carbocycles. The zero-order chi connectivity index (χ0) is 17.1. The number of carbonyl (C=O) groups is 2. The van der Waals surface area contributed by atoms with Crippen LogP contribution in [0.4, 0.5) is 0 Å². The number of nitrogens with one attached hydrogen (secondary N) is 1. The van der Waals surface area contributed by atoms with E-state index in [0.29, 0.717) is 18.7 Å². The van der Waals surface area contributed by atoms with Gasteiger partial charge < -0.3 is 15.1 Å². The fraction of sp³-hybridized carbons (Fsp3) is 0.706. The van der Waals surface area contributed by atoms with Crippen LogP contribution in [0.3, 0.4) is 0 Å². The molecule has 1 aromatic heterocycles. The van der Waals surface area contributed by atoms with Crippen molar-refractivity contribution in [3.63, 3.8) is 0 Å². The number of nitrogens with zero attached hydrogens (tertiary/aromatic N) is 4. The van der Waals surface area contributed by atoms with Crippen LogP contribution in [-0.2, 0) is 11.3 Å². The maximum Gasteiger partial charge on any atom is 0.258 e. The molecule has 3 heterocycles.